The number of benzene rings is 2. The van der Waals surface area contributed by atoms with Gasteiger partial charge in [0.2, 0.25) is 21.8 Å². The van der Waals surface area contributed by atoms with Crippen molar-refractivity contribution in [1.29, 1.82) is 0 Å². The Labute approximate surface area is 190 Å². The third-order valence-electron chi connectivity index (χ3n) is 5.40. The van der Waals surface area contributed by atoms with Crippen LogP contribution in [-0.4, -0.2) is 51.9 Å². The molecule has 2 amide bonds. The van der Waals surface area contributed by atoms with E-state index in [4.69, 9.17) is 4.74 Å². The number of methoxy groups -OCH3 is 1. The van der Waals surface area contributed by atoms with Gasteiger partial charge in [0, 0.05) is 12.7 Å². The number of hydrogen-bond donors (Lipinski definition) is 2. The molecule has 9 heteroatoms. The van der Waals surface area contributed by atoms with Crippen molar-refractivity contribution in [2.24, 2.45) is 0 Å². The van der Waals surface area contributed by atoms with Crippen LogP contribution in [0.1, 0.15) is 29.2 Å². The number of aryl methyl sites for hydroxylation is 2. The second kappa shape index (κ2) is 10.1. The first-order valence-corrected chi connectivity index (χ1v) is 11.6. The molecule has 0 fully saturated rings. The molecular formula is C23H31N3O5S. The number of likely N-dealkylation sites (N-methyl/N-ethyl adjacent to an activating group) is 1. The summed E-state index contributed by atoms with van der Waals surface area (Å²) in [4.78, 5) is 26.4. The second-order valence-corrected chi connectivity index (χ2v) is 9.55. The highest BCUT2D eigenvalue weighted by Crippen LogP contribution is 2.26. The third kappa shape index (κ3) is 5.86. The van der Waals surface area contributed by atoms with E-state index in [1.54, 1.807) is 45.2 Å². The zero-order valence-electron chi connectivity index (χ0n) is 19.6. The molecule has 8 nitrogen and oxygen atoms in total. The summed E-state index contributed by atoms with van der Waals surface area (Å²) >= 11 is 0. The van der Waals surface area contributed by atoms with Gasteiger partial charge in [0.25, 0.3) is 0 Å². The lowest BCUT2D eigenvalue weighted by Crippen LogP contribution is -2.47. The Hall–Kier alpha value is -2.91. The Balaban J connectivity index is 2.07. The molecule has 0 radical (unpaired) electrons. The van der Waals surface area contributed by atoms with Crippen LogP contribution in [0.2, 0.25) is 0 Å². The molecule has 1 atom stereocenters. The monoisotopic (exact) mass is 461 g/mol. The van der Waals surface area contributed by atoms with E-state index in [0.29, 0.717) is 22.6 Å². The summed E-state index contributed by atoms with van der Waals surface area (Å²) in [6.45, 7) is 8.44. The summed E-state index contributed by atoms with van der Waals surface area (Å²) in [7, 11) is -0.938. The molecule has 0 saturated carbocycles. The Bertz CT molecular complexity index is 1090. The largest absolute Gasteiger partial charge is 0.497 e. The van der Waals surface area contributed by atoms with Gasteiger partial charge in [-0.15, -0.1) is 0 Å². The summed E-state index contributed by atoms with van der Waals surface area (Å²) in [6, 6.07) is 7.68. The van der Waals surface area contributed by atoms with Gasteiger partial charge >= 0.3 is 0 Å². The van der Waals surface area contributed by atoms with Crippen molar-refractivity contribution in [2.75, 3.05) is 26.0 Å². The van der Waals surface area contributed by atoms with Crippen molar-refractivity contribution in [3.8, 4) is 5.75 Å². The molecule has 1 unspecified atom stereocenters. The topological polar surface area (TPSA) is 105 Å². The molecule has 0 bridgehead atoms. The zero-order valence-corrected chi connectivity index (χ0v) is 20.4. The van der Waals surface area contributed by atoms with Crippen LogP contribution in [0.25, 0.3) is 0 Å². The molecule has 32 heavy (non-hydrogen) atoms. The number of carbonyl (C=O) groups is 2. The number of hydrogen-bond acceptors (Lipinski definition) is 5. The summed E-state index contributed by atoms with van der Waals surface area (Å²) < 4.78 is 33.7. The van der Waals surface area contributed by atoms with Crippen molar-refractivity contribution < 1.29 is 22.7 Å². The molecule has 0 aliphatic rings. The molecule has 0 heterocycles. The van der Waals surface area contributed by atoms with Crippen molar-refractivity contribution in [3.05, 3.63) is 52.6 Å². The molecule has 2 rings (SSSR count). The van der Waals surface area contributed by atoms with Crippen LogP contribution in [0, 0.1) is 27.7 Å². The van der Waals surface area contributed by atoms with Gasteiger partial charge in [0.05, 0.1) is 24.6 Å². The van der Waals surface area contributed by atoms with E-state index in [-0.39, 0.29) is 11.4 Å². The first-order valence-electron chi connectivity index (χ1n) is 10.2. The Kier molecular flexibility index (Phi) is 8.03. The quantitative estimate of drug-likeness (QED) is 0.629. The third-order valence-corrected chi connectivity index (χ3v) is 7.21. The Morgan fingerprint density at radius 1 is 1.03 bits per heavy atom. The SMILES string of the molecule is COc1ccc(NC(=O)CN(C)C(=O)C(C)NS(=O)(=O)c2c(C)c(C)cc(C)c2C)cc1. The standard InChI is InChI=1S/C23H31N3O5S/c1-14-12-15(2)17(4)22(16(14)3)32(29,30)25-18(5)23(28)26(6)13-21(27)24-19-8-10-20(31-7)11-9-19/h8-12,18,25H,13H2,1-7H3,(H,24,27). The molecular weight excluding hydrogens is 430 g/mol. The normalized spacial score (nSPS) is 12.2. The van der Waals surface area contributed by atoms with Crippen molar-refractivity contribution in [3.63, 3.8) is 0 Å². The number of nitrogens with zero attached hydrogens (tertiary/aromatic N) is 1. The van der Waals surface area contributed by atoms with E-state index in [9.17, 15) is 18.0 Å². The molecule has 0 saturated heterocycles. The minimum atomic E-state index is -3.94. The molecule has 0 aromatic heterocycles. The number of anilines is 1. The smallest absolute Gasteiger partial charge is 0.243 e. The molecule has 0 aliphatic heterocycles. The minimum Gasteiger partial charge on any atom is -0.497 e. The zero-order chi connectivity index (χ0) is 24.2. The van der Waals surface area contributed by atoms with Gasteiger partial charge in [0.15, 0.2) is 0 Å². The fraction of sp³-hybridized carbons (Fsp3) is 0.391. The van der Waals surface area contributed by atoms with E-state index in [2.05, 4.69) is 10.0 Å². The molecule has 2 aromatic carbocycles. The van der Waals surface area contributed by atoms with Gasteiger partial charge in [-0.05, 0) is 81.1 Å². The molecule has 0 aliphatic carbocycles. The maximum atomic E-state index is 13.1. The average Bonchev–Trinajstić information content (AvgIpc) is 2.71. The van der Waals surface area contributed by atoms with E-state index in [1.807, 2.05) is 19.9 Å². The molecule has 0 spiro atoms. The van der Waals surface area contributed by atoms with E-state index in [0.717, 1.165) is 11.1 Å². The highest BCUT2D eigenvalue weighted by atomic mass is 32.2. The summed E-state index contributed by atoms with van der Waals surface area (Å²) in [5.74, 6) is -0.258. The number of amides is 2. The number of sulfonamides is 1. The van der Waals surface area contributed by atoms with Crippen LogP contribution in [0.4, 0.5) is 5.69 Å². The highest BCUT2D eigenvalue weighted by Gasteiger charge is 2.28. The Morgan fingerprint density at radius 3 is 2.06 bits per heavy atom. The fourth-order valence-electron chi connectivity index (χ4n) is 3.42. The van der Waals surface area contributed by atoms with E-state index in [1.165, 1.54) is 18.9 Å². The highest BCUT2D eigenvalue weighted by molar-refractivity contribution is 7.89. The lowest BCUT2D eigenvalue weighted by molar-refractivity contribution is -0.134. The first-order chi connectivity index (χ1) is 14.9. The number of rotatable bonds is 8. The van der Waals surface area contributed by atoms with Gasteiger partial charge in [-0.2, -0.15) is 4.72 Å². The maximum Gasteiger partial charge on any atom is 0.243 e. The molecule has 2 N–H and O–H groups in total. The summed E-state index contributed by atoms with van der Waals surface area (Å²) in [5.41, 5.74) is 3.57. The Morgan fingerprint density at radius 2 is 1.56 bits per heavy atom. The number of carbonyl (C=O) groups excluding carboxylic acids is 2. The number of nitrogens with one attached hydrogen (secondary N) is 2. The number of ether oxygens (including phenoxy) is 1. The predicted octanol–water partition coefficient (Wildman–Crippen LogP) is 2.69. The van der Waals surface area contributed by atoms with Crippen LogP contribution in [-0.2, 0) is 19.6 Å². The van der Waals surface area contributed by atoms with Crippen LogP contribution >= 0.6 is 0 Å². The maximum absolute atomic E-state index is 13.1. The summed E-state index contributed by atoms with van der Waals surface area (Å²) in [6.07, 6.45) is 0. The van der Waals surface area contributed by atoms with E-state index >= 15 is 0 Å². The van der Waals surface area contributed by atoms with E-state index < -0.39 is 27.9 Å². The average molecular weight is 462 g/mol. The summed E-state index contributed by atoms with van der Waals surface area (Å²) in [5, 5.41) is 2.69. The lowest BCUT2D eigenvalue weighted by atomic mass is 10.0. The van der Waals surface area contributed by atoms with Gasteiger partial charge in [-0.1, -0.05) is 6.07 Å². The van der Waals surface area contributed by atoms with Crippen molar-refractivity contribution in [1.82, 2.24) is 9.62 Å². The van der Waals surface area contributed by atoms with Crippen molar-refractivity contribution >= 4 is 27.5 Å². The second-order valence-electron chi connectivity index (χ2n) is 7.90. The van der Waals surface area contributed by atoms with Crippen molar-refractivity contribution in [2.45, 2.75) is 45.6 Å². The van der Waals surface area contributed by atoms with Gasteiger partial charge < -0.3 is 15.0 Å². The van der Waals surface area contributed by atoms with Crippen LogP contribution in [0.5, 0.6) is 5.75 Å². The van der Waals surface area contributed by atoms with Crippen LogP contribution < -0.4 is 14.8 Å². The van der Waals surface area contributed by atoms with Gasteiger partial charge in [-0.25, -0.2) is 8.42 Å². The van der Waals surface area contributed by atoms with Gasteiger partial charge in [-0.3, -0.25) is 9.59 Å². The first kappa shape index (κ1) is 25.4. The van der Waals surface area contributed by atoms with Crippen LogP contribution in [0.15, 0.2) is 35.2 Å². The molecule has 174 valence electrons. The minimum absolute atomic E-state index is 0.189. The molecule has 2 aromatic rings. The van der Waals surface area contributed by atoms with Crippen LogP contribution in [0.3, 0.4) is 0 Å². The predicted molar refractivity (Wildman–Crippen MR) is 124 cm³/mol. The van der Waals surface area contributed by atoms with Gasteiger partial charge in [0.1, 0.15) is 5.75 Å². The fourth-order valence-corrected chi connectivity index (χ4v) is 5.24. The lowest BCUT2D eigenvalue weighted by Gasteiger charge is -2.23.